The average molecular weight is 441 g/mol. The minimum atomic E-state index is -0.205. The molecule has 0 radical (unpaired) electrons. The second kappa shape index (κ2) is 7.86. The average Bonchev–Trinajstić information content (AvgIpc) is 3.56. The van der Waals surface area contributed by atoms with Gasteiger partial charge in [0.25, 0.3) is 5.91 Å². The van der Waals surface area contributed by atoms with Crippen LogP contribution in [0.4, 0.5) is 5.69 Å². The Morgan fingerprint density at radius 3 is 2.91 bits per heavy atom. The summed E-state index contributed by atoms with van der Waals surface area (Å²) in [5.41, 5.74) is 4.92. The number of rotatable bonds is 4. The fourth-order valence-electron chi connectivity index (χ4n) is 4.56. The monoisotopic (exact) mass is 440 g/mol. The molecule has 5 aromatic rings. The summed E-state index contributed by atoms with van der Waals surface area (Å²) in [4.78, 5) is 20.7. The Hall–Kier alpha value is -3.98. The third-order valence-electron chi connectivity index (χ3n) is 6.27. The first-order valence-corrected chi connectivity index (χ1v) is 11.1. The molecule has 1 fully saturated rings. The van der Waals surface area contributed by atoms with E-state index in [9.17, 15) is 4.79 Å². The van der Waals surface area contributed by atoms with E-state index in [4.69, 9.17) is 0 Å². The molecule has 9 heteroatoms. The highest BCUT2D eigenvalue weighted by atomic mass is 16.1. The molecule has 0 saturated carbocycles. The predicted octanol–water partition coefficient (Wildman–Crippen LogP) is 3.49. The van der Waals surface area contributed by atoms with Crippen LogP contribution in [0.2, 0.25) is 0 Å². The van der Waals surface area contributed by atoms with Crippen molar-refractivity contribution in [1.82, 2.24) is 34.8 Å². The second-order valence-electron chi connectivity index (χ2n) is 8.54. The first-order valence-electron chi connectivity index (χ1n) is 11.1. The van der Waals surface area contributed by atoms with E-state index in [1.54, 1.807) is 17.1 Å². The smallest absolute Gasteiger partial charge is 0.257 e. The van der Waals surface area contributed by atoms with Gasteiger partial charge in [-0.05, 0) is 49.7 Å². The number of fused-ring (bicyclic) bond motifs is 2. The number of hydrogen-bond acceptors (Lipinski definition) is 5. The normalized spacial score (nSPS) is 14.8. The van der Waals surface area contributed by atoms with E-state index in [2.05, 4.69) is 36.9 Å². The number of nitrogens with zero attached hydrogens (tertiary/aromatic N) is 5. The predicted molar refractivity (Wildman–Crippen MR) is 127 cm³/mol. The van der Waals surface area contributed by atoms with Gasteiger partial charge in [-0.1, -0.05) is 6.07 Å². The quantitative estimate of drug-likeness (QED) is 0.397. The lowest BCUT2D eigenvalue weighted by Gasteiger charge is -2.22. The number of aromatic amines is 1. The molecule has 3 N–H and O–H groups in total. The number of pyridine rings is 1. The van der Waals surface area contributed by atoms with Gasteiger partial charge in [0, 0.05) is 48.2 Å². The van der Waals surface area contributed by atoms with Crippen molar-refractivity contribution in [3.05, 3.63) is 60.8 Å². The third kappa shape index (κ3) is 3.66. The number of carbonyl (C=O) groups excluding carboxylic acids is 1. The van der Waals surface area contributed by atoms with Crippen molar-refractivity contribution in [2.24, 2.45) is 7.05 Å². The van der Waals surface area contributed by atoms with Gasteiger partial charge in [-0.25, -0.2) is 4.98 Å². The number of benzene rings is 1. The Balaban J connectivity index is 1.27. The van der Waals surface area contributed by atoms with Crippen molar-refractivity contribution >= 4 is 33.5 Å². The Labute approximate surface area is 189 Å². The number of H-pyrrole nitrogens is 1. The highest BCUT2D eigenvalue weighted by molar-refractivity contribution is 6.07. The van der Waals surface area contributed by atoms with Crippen molar-refractivity contribution in [2.45, 2.75) is 18.9 Å². The topological polar surface area (TPSA) is 105 Å². The summed E-state index contributed by atoms with van der Waals surface area (Å²) in [6.45, 7) is 1.98. The molecule has 0 aliphatic carbocycles. The molecule has 9 nitrogen and oxygen atoms in total. The standard InChI is InChI=1S/C24H24N8O/c1-31-13-17-8-15(2-3-22(17)30-31)21-12-27-23-20(21)9-16(10-26-23)24(33)29-18-11-28-32(14-18)19-4-6-25-7-5-19/h2-3,8-14,19,25H,4-7H2,1H3,(H,26,27)(H,29,33). The Kier molecular flexibility index (Phi) is 4.69. The van der Waals surface area contributed by atoms with Crippen molar-refractivity contribution in [3.8, 4) is 11.1 Å². The number of carbonyl (C=O) groups is 1. The number of amides is 1. The number of anilines is 1. The number of aromatic nitrogens is 6. The van der Waals surface area contributed by atoms with Gasteiger partial charge < -0.3 is 15.6 Å². The number of hydrogen-bond donors (Lipinski definition) is 3. The molecule has 166 valence electrons. The van der Waals surface area contributed by atoms with E-state index in [0.717, 1.165) is 59.0 Å². The summed E-state index contributed by atoms with van der Waals surface area (Å²) in [6.07, 6.45) is 11.2. The fraction of sp³-hybridized carbons (Fsp3) is 0.250. The van der Waals surface area contributed by atoms with Gasteiger partial charge in [-0.2, -0.15) is 10.2 Å². The fourth-order valence-corrected chi connectivity index (χ4v) is 4.56. The van der Waals surface area contributed by atoms with Crippen LogP contribution in [0.5, 0.6) is 0 Å². The van der Waals surface area contributed by atoms with Crippen LogP contribution in [0, 0.1) is 0 Å². The van der Waals surface area contributed by atoms with Crippen LogP contribution in [-0.2, 0) is 7.05 Å². The zero-order valence-electron chi connectivity index (χ0n) is 18.2. The van der Waals surface area contributed by atoms with E-state index in [1.807, 2.05) is 48.5 Å². The Bertz CT molecular complexity index is 1470. The first kappa shape index (κ1) is 19.7. The molecule has 0 atom stereocenters. The van der Waals surface area contributed by atoms with Gasteiger partial charge in [0.15, 0.2) is 0 Å². The minimum absolute atomic E-state index is 0.205. The number of piperidine rings is 1. The van der Waals surface area contributed by atoms with Gasteiger partial charge in [-0.3, -0.25) is 14.2 Å². The van der Waals surface area contributed by atoms with Gasteiger partial charge in [0.2, 0.25) is 0 Å². The molecule has 0 unspecified atom stereocenters. The Morgan fingerprint density at radius 2 is 2.03 bits per heavy atom. The summed E-state index contributed by atoms with van der Waals surface area (Å²) < 4.78 is 3.76. The van der Waals surface area contributed by atoms with Crippen LogP contribution >= 0.6 is 0 Å². The minimum Gasteiger partial charge on any atom is -0.346 e. The maximum Gasteiger partial charge on any atom is 0.257 e. The Morgan fingerprint density at radius 1 is 1.15 bits per heavy atom. The third-order valence-corrected chi connectivity index (χ3v) is 6.27. The zero-order chi connectivity index (χ0) is 22.4. The molecule has 5 heterocycles. The van der Waals surface area contributed by atoms with Crippen molar-refractivity contribution in [1.29, 1.82) is 0 Å². The molecule has 33 heavy (non-hydrogen) atoms. The number of aryl methyl sites for hydroxylation is 1. The van der Waals surface area contributed by atoms with Gasteiger partial charge >= 0.3 is 0 Å². The molecule has 1 aliphatic rings. The van der Waals surface area contributed by atoms with E-state index in [1.165, 1.54) is 0 Å². The molecule has 4 aromatic heterocycles. The summed E-state index contributed by atoms with van der Waals surface area (Å²) in [5.74, 6) is -0.205. The summed E-state index contributed by atoms with van der Waals surface area (Å²) >= 11 is 0. The van der Waals surface area contributed by atoms with E-state index in [-0.39, 0.29) is 5.91 Å². The van der Waals surface area contributed by atoms with Crippen LogP contribution in [0.25, 0.3) is 33.1 Å². The molecule has 1 aromatic carbocycles. The van der Waals surface area contributed by atoms with E-state index in [0.29, 0.717) is 17.3 Å². The van der Waals surface area contributed by atoms with Crippen LogP contribution in [0.3, 0.4) is 0 Å². The summed E-state index contributed by atoms with van der Waals surface area (Å²) in [7, 11) is 1.91. The van der Waals surface area contributed by atoms with E-state index < -0.39 is 0 Å². The second-order valence-corrected chi connectivity index (χ2v) is 8.54. The molecule has 1 amide bonds. The molecule has 1 saturated heterocycles. The van der Waals surface area contributed by atoms with Gasteiger partial charge in [0.05, 0.1) is 29.0 Å². The molecule has 6 rings (SSSR count). The highest BCUT2D eigenvalue weighted by Crippen LogP contribution is 2.30. The summed E-state index contributed by atoms with van der Waals surface area (Å²) in [5, 5.41) is 17.2. The lowest BCUT2D eigenvalue weighted by molar-refractivity contribution is 0.102. The summed E-state index contributed by atoms with van der Waals surface area (Å²) in [6, 6.07) is 8.41. The van der Waals surface area contributed by atoms with Crippen molar-refractivity contribution in [3.63, 3.8) is 0 Å². The van der Waals surface area contributed by atoms with Crippen LogP contribution in [0.1, 0.15) is 29.2 Å². The SMILES string of the molecule is Cn1cc2cc(-c3c[nH]c4ncc(C(=O)Nc5cnn(C6CCNCC6)c5)cc34)ccc2n1. The molecule has 0 bridgehead atoms. The zero-order valence-corrected chi connectivity index (χ0v) is 18.2. The molecule has 1 aliphatic heterocycles. The van der Waals surface area contributed by atoms with Crippen LogP contribution in [0.15, 0.2) is 55.2 Å². The molecular formula is C24H24N8O. The number of nitrogens with one attached hydrogen (secondary N) is 3. The first-order chi connectivity index (χ1) is 16.1. The van der Waals surface area contributed by atoms with Gasteiger partial charge in [0.1, 0.15) is 5.65 Å². The molecule has 0 spiro atoms. The van der Waals surface area contributed by atoms with Gasteiger partial charge in [-0.15, -0.1) is 0 Å². The lowest BCUT2D eigenvalue weighted by atomic mass is 10.0. The largest absolute Gasteiger partial charge is 0.346 e. The van der Waals surface area contributed by atoms with Crippen molar-refractivity contribution in [2.75, 3.05) is 18.4 Å². The van der Waals surface area contributed by atoms with Crippen LogP contribution in [-0.4, -0.2) is 48.5 Å². The van der Waals surface area contributed by atoms with E-state index >= 15 is 0 Å². The maximum absolute atomic E-state index is 13.0. The van der Waals surface area contributed by atoms with Crippen molar-refractivity contribution < 1.29 is 4.79 Å². The molecular weight excluding hydrogens is 416 g/mol. The maximum atomic E-state index is 13.0. The van der Waals surface area contributed by atoms with Crippen LogP contribution < -0.4 is 10.6 Å². The lowest BCUT2D eigenvalue weighted by Crippen LogP contribution is -2.29. The highest BCUT2D eigenvalue weighted by Gasteiger charge is 2.17.